The van der Waals surface area contributed by atoms with E-state index >= 15 is 0 Å². The summed E-state index contributed by atoms with van der Waals surface area (Å²) >= 11 is 5.11. The maximum Gasteiger partial charge on any atom is 0.252 e. The van der Waals surface area contributed by atoms with Crippen molar-refractivity contribution in [3.63, 3.8) is 0 Å². The Morgan fingerprint density at radius 3 is 3.10 bits per heavy atom. The Morgan fingerprint density at radius 1 is 1.38 bits per heavy atom. The van der Waals surface area contributed by atoms with Gasteiger partial charge in [0, 0.05) is 24.8 Å². The molecular formula is C13H11BrN6S. The van der Waals surface area contributed by atoms with Crippen LogP contribution in [0, 0.1) is 6.92 Å². The number of rotatable bonds is 1. The summed E-state index contributed by atoms with van der Waals surface area (Å²) in [5, 5.41) is 5.16. The monoisotopic (exact) mass is 362 g/mol. The summed E-state index contributed by atoms with van der Waals surface area (Å²) in [6.07, 6.45) is 3.56. The number of aryl methyl sites for hydroxylation is 1. The van der Waals surface area contributed by atoms with Crippen LogP contribution in [0.5, 0.6) is 0 Å². The Morgan fingerprint density at radius 2 is 2.29 bits per heavy atom. The molecule has 0 amide bonds. The summed E-state index contributed by atoms with van der Waals surface area (Å²) in [4.78, 5) is 17.6. The van der Waals surface area contributed by atoms with Crippen LogP contribution in [-0.4, -0.2) is 26.1 Å². The first-order valence-electron chi connectivity index (χ1n) is 6.48. The third kappa shape index (κ3) is 2.24. The maximum absolute atomic E-state index is 4.60. The molecule has 1 aromatic heterocycles. The molecule has 6 nitrogen and oxygen atoms in total. The van der Waals surface area contributed by atoms with Gasteiger partial charge in [0.25, 0.3) is 5.62 Å². The summed E-state index contributed by atoms with van der Waals surface area (Å²) in [6.45, 7) is 3.75. The first-order valence-corrected chi connectivity index (χ1v) is 8.09. The molecule has 0 atom stereocenters. The van der Waals surface area contributed by atoms with E-state index in [0.717, 1.165) is 44.8 Å². The van der Waals surface area contributed by atoms with Crippen LogP contribution in [0.25, 0.3) is 11.4 Å². The Hall–Kier alpha value is -1.80. The van der Waals surface area contributed by atoms with Crippen molar-refractivity contribution in [3.8, 4) is 11.4 Å². The van der Waals surface area contributed by atoms with Crippen LogP contribution in [-0.2, 0) is 6.54 Å². The van der Waals surface area contributed by atoms with Crippen molar-refractivity contribution in [2.24, 2.45) is 4.99 Å². The zero-order valence-electron chi connectivity index (χ0n) is 11.2. The molecule has 1 N–H and O–H groups in total. The van der Waals surface area contributed by atoms with Crippen LogP contribution >= 0.6 is 27.3 Å². The summed E-state index contributed by atoms with van der Waals surface area (Å²) < 4.78 is 3.18. The third-order valence-corrected chi connectivity index (χ3v) is 4.68. The van der Waals surface area contributed by atoms with E-state index in [-0.39, 0.29) is 0 Å². The standard InChI is InChI=1S/C13H11BrN6S/c1-7-16-6-10(21-7)18-13-17-5-8-4-9(14)12-15-2-3-20(12)11(8)19-13/h4-6,15H,2-3H2,1H3/b18-13-. The summed E-state index contributed by atoms with van der Waals surface area (Å²) in [5.74, 6) is 1.95. The molecule has 1 aromatic rings. The average molecular weight is 363 g/mol. The molecule has 3 aliphatic heterocycles. The van der Waals surface area contributed by atoms with E-state index in [1.165, 1.54) is 11.3 Å². The number of hydrogen-bond acceptors (Lipinski definition) is 6. The van der Waals surface area contributed by atoms with Crippen molar-refractivity contribution in [1.29, 1.82) is 0 Å². The van der Waals surface area contributed by atoms with Crippen molar-refractivity contribution < 1.29 is 0 Å². The number of anilines is 1. The van der Waals surface area contributed by atoms with Crippen molar-refractivity contribution in [3.05, 3.63) is 33.6 Å². The summed E-state index contributed by atoms with van der Waals surface area (Å²) in [6, 6.07) is 2.03. The fourth-order valence-corrected chi connectivity index (χ4v) is 3.61. The quantitative estimate of drug-likeness (QED) is 0.722. The Bertz CT molecular complexity index is 867. The van der Waals surface area contributed by atoms with E-state index in [0.29, 0.717) is 5.62 Å². The highest BCUT2D eigenvalue weighted by Crippen LogP contribution is 2.33. The van der Waals surface area contributed by atoms with E-state index in [2.05, 4.69) is 45.8 Å². The number of halogens is 1. The zero-order chi connectivity index (χ0) is 14.4. The van der Waals surface area contributed by atoms with Crippen molar-refractivity contribution in [2.45, 2.75) is 13.5 Å². The smallest absolute Gasteiger partial charge is 0.252 e. The highest BCUT2D eigenvalue weighted by Gasteiger charge is 2.19. The largest absolute Gasteiger partial charge is 0.369 e. The number of fused-ring (bicyclic) bond motifs is 3. The molecular weight excluding hydrogens is 352 g/mol. The molecule has 0 radical (unpaired) electrons. The number of pyridine rings is 1. The van der Waals surface area contributed by atoms with Crippen molar-refractivity contribution in [1.82, 2.24) is 19.5 Å². The predicted molar refractivity (Wildman–Crippen MR) is 84.9 cm³/mol. The average Bonchev–Trinajstić information content (AvgIpc) is 3.09. The van der Waals surface area contributed by atoms with E-state index in [1.54, 1.807) is 6.20 Å². The van der Waals surface area contributed by atoms with Crippen LogP contribution in [0.4, 0.5) is 10.8 Å². The van der Waals surface area contributed by atoms with Gasteiger partial charge in [0.05, 0.1) is 15.7 Å². The van der Waals surface area contributed by atoms with Gasteiger partial charge >= 0.3 is 0 Å². The van der Waals surface area contributed by atoms with Crippen LogP contribution in [0.2, 0.25) is 0 Å². The molecule has 0 saturated carbocycles. The second-order valence-electron chi connectivity index (χ2n) is 4.70. The Kier molecular flexibility index (Phi) is 3.00. The molecule has 4 rings (SSSR count). The normalized spacial score (nSPS) is 14.5. The van der Waals surface area contributed by atoms with E-state index in [9.17, 15) is 0 Å². The second kappa shape index (κ2) is 4.88. The first-order chi connectivity index (χ1) is 10.2. The van der Waals surface area contributed by atoms with E-state index < -0.39 is 0 Å². The minimum Gasteiger partial charge on any atom is -0.369 e. The van der Waals surface area contributed by atoms with Gasteiger partial charge in [-0.25, -0.2) is 9.97 Å². The molecule has 3 aliphatic rings. The number of aromatic nitrogens is 4. The van der Waals surface area contributed by atoms with Crippen LogP contribution < -0.4 is 10.9 Å². The highest BCUT2D eigenvalue weighted by molar-refractivity contribution is 9.10. The van der Waals surface area contributed by atoms with Gasteiger partial charge in [-0.15, -0.1) is 0 Å². The highest BCUT2D eigenvalue weighted by atomic mass is 79.9. The fourth-order valence-electron chi connectivity index (χ4n) is 2.37. The van der Waals surface area contributed by atoms with Gasteiger partial charge in [-0.1, -0.05) is 11.3 Å². The predicted octanol–water partition coefficient (Wildman–Crippen LogP) is 2.57. The number of nitrogens with zero attached hydrogens (tertiary/aromatic N) is 5. The molecule has 0 spiro atoms. The maximum atomic E-state index is 4.60. The first kappa shape index (κ1) is 12.9. The van der Waals surface area contributed by atoms with Crippen LogP contribution in [0.15, 0.2) is 27.9 Å². The lowest BCUT2D eigenvalue weighted by atomic mass is 10.2. The Balaban J connectivity index is 1.92. The van der Waals surface area contributed by atoms with Gasteiger partial charge in [-0.2, -0.15) is 9.98 Å². The molecule has 0 aromatic carbocycles. The molecule has 8 heteroatoms. The van der Waals surface area contributed by atoms with Gasteiger partial charge < -0.3 is 9.88 Å². The minimum absolute atomic E-state index is 0.468. The van der Waals surface area contributed by atoms with Crippen LogP contribution in [0.1, 0.15) is 5.01 Å². The Labute approximate surface area is 133 Å². The van der Waals surface area contributed by atoms with Gasteiger partial charge in [-0.05, 0) is 28.9 Å². The zero-order valence-corrected chi connectivity index (χ0v) is 13.6. The lowest BCUT2D eigenvalue weighted by Crippen LogP contribution is -2.17. The van der Waals surface area contributed by atoms with Gasteiger partial charge in [-0.3, -0.25) is 0 Å². The number of nitrogens with one attached hydrogen (secondary N) is 1. The molecule has 0 aliphatic carbocycles. The summed E-state index contributed by atoms with van der Waals surface area (Å²) in [7, 11) is 0. The van der Waals surface area contributed by atoms with Gasteiger partial charge in [0.1, 0.15) is 16.6 Å². The SMILES string of the molecule is Cc1ncc(/N=c2/ncc3cc(Br)c4n(c-3n2)CCN4)s1. The van der Waals surface area contributed by atoms with E-state index in [1.807, 2.05) is 19.2 Å². The van der Waals surface area contributed by atoms with Gasteiger partial charge in [0.15, 0.2) is 0 Å². The second-order valence-corrected chi connectivity index (χ2v) is 6.77. The molecule has 21 heavy (non-hydrogen) atoms. The third-order valence-electron chi connectivity index (χ3n) is 3.26. The molecule has 4 heterocycles. The molecule has 0 fully saturated rings. The molecule has 0 unspecified atom stereocenters. The van der Waals surface area contributed by atoms with Crippen molar-refractivity contribution in [2.75, 3.05) is 11.9 Å². The topological polar surface area (TPSA) is 68.0 Å². The minimum atomic E-state index is 0.468. The van der Waals surface area contributed by atoms with Crippen LogP contribution in [0.3, 0.4) is 0 Å². The molecule has 106 valence electrons. The summed E-state index contributed by atoms with van der Waals surface area (Å²) in [5.41, 5.74) is 1.46. The number of thiazole rings is 1. The molecule has 0 saturated heterocycles. The lowest BCUT2D eigenvalue weighted by molar-refractivity contribution is 0.778. The lowest BCUT2D eigenvalue weighted by Gasteiger charge is -2.13. The fraction of sp³-hybridized carbons (Fsp3) is 0.231. The van der Waals surface area contributed by atoms with E-state index in [4.69, 9.17) is 0 Å². The number of hydrogen-bond donors (Lipinski definition) is 1. The van der Waals surface area contributed by atoms with Gasteiger partial charge in [0.2, 0.25) is 0 Å². The van der Waals surface area contributed by atoms with Crippen molar-refractivity contribution >= 4 is 38.1 Å². The molecule has 0 bridgehead atoms.